The van der Waals surface area contributed by atoms with E-state index >= 15 is 0 Å². The Kier molecular flexibility index (Phi) is 6.03. The zero-order chi connectivity index (χ0) is 35.7. The van der Waals surface area contributed by atoms with Crippen LogP contribution < -0.4 is 0 Å². The Morgan fingerprint density at radius 2 is 1.15 bits per heavy atom. The Hall–Kier alpha value is -6.42. The molecule has 12 rings (SSSR count). The minimum Gasteiger partial charge on any atom is -0.455 e. The largest absolute Gasteiger partial charge is 0.455 e. The van der Waals surface area contributed by atoms with Gasteiger partial charge in [0, 0.05) is 63.9 Å². The van der Waals surface area contributed by atoms with E-state index in [2.05, 4.69) is 182 Å². The van der Waals surface area contributed by atoms with Gasteiger partial charge in [0.2, 0.25) is 0 Å². The third-order valence-electron chi connectivity index (χ3n) is 12.0. The number of furan rings is 1. The van der Waals surface area contributed by atoms with Crippen LogP contribution in [-0.4, -0.2) is 4.57 Å². The fraction of sp³-hybridized carbons (Fsp3) is 0.0588. The maximum absolute atomic E-state index is 7.00. The zero-order valence-electron chi connectivity index (χ0n) is 29.9. The Bertz CT molecular complexity index is 3370. The first-order valence-corrected chi connectivity index (χ1v) is 19.5. The summed E-state index contributed by atoms with van der Waals surface area (Å²) >= 11 is 1.89. The molecule has 254 valence electrons. The van der Waals surface area contributed by atoms with Gasteiger partial charge in [-0.15, -0.1) is 11.3 Å². The average molecular weight is 708 g/mol. The second-order valence-corrected chi connectivity index (χ2v) is 16.3. The number of benzene rings is 8. The third kappa shape index (κ3) is 4.00. The number of rotatable bonds is 3. The van der Waals surface area contributed by atoms with Crippen molar-refractivity contribution in [1.29, 1.82) is 0 Å². The van der Waals surface area contributed by atoms with Crippen LogP contribution >= 0.6 is 11.3 Å². The summed E-state index contributed by atoms with van der Waals surface area (Å²) in [5.41, 5.74) is 15.3. The molecule has 3 heterocycles. The molecule has 3 aromatic heterocycles. The second-order valence-electron chi connectivity index (χ2n) is 15.2. The number of aromatic nitrogens is 1. The normalized spacial score (nSPS) is 13.5. The van der Waals surface area contributed by atoms with Crippen LogP contribution in [0.2, 0.25) is 0 Å². The van der Waals surface area contributed by atoms with Crippen LogP contribution in [0.1, 0.15) is 25.0 Å². The van der Waals surface area contributed by atoms with Crippen molar-refractivity contribution in [2.45, 2.75) is 19.3 Å². The summed E-state index contributed by atoms with van der Waals surface area (Å²) in [7, 11) is 0. The van der Waals surface area contributed by atoms with Gasteiger partial charge in [0.25, 0.3) is 0 Å². The minimum absolute atomic E-state index is 0.0781. The van der Waals surface area contributed by atoms with E-state index < -0.39 is 0 Å². The molecule has 54 heavy (non-hydrogen) atoms. The molecular weight excluding hydrogens is 675 g/mol. The van der Waals surface area contributed by atoms with E-state index in [1.54, 1.807) is 0 Å². The first-order valence-electron chi connectivity index (χ1n) is 18.7. The monoisotopic (exact) mass is 707 g/mol. The summed E-state index contributed by atoms with van der Waals surface area (Å²) in [6.45, 7) is 4.65. The molecule has 0 amide bonds. The van der Waals surface area contributed by atoms with Crippen LogP contribution in [0, 0.1) is 0 Å². The molecule has 0 fully saturated rings. The van der Waals surface area contributed by atoms with Crippen LogP contribution in [0.4, 0.5) is 0 Å². The van der Waals surface area contributed by atoms with Gasteiger partial charge in [-0.2, -0.15) is 0 Å². The Labute approximate surface area is 316 Å². The quantitative estimate of drug-likeness (QED) is 0.179. The zero-order valence-corrected chi connectivity index (χ0v) is 30.7. The van der Waals surface area contributed by atoms with Crippen molar-refractivity contribution in [3.8, 4) is 39.1 Å². The molecule has 1 aliphatic rings. The molecular formula is C51H33NOS. The lowest BCUT2D eigenvalue weighted by atomic mass is 9.82. The van der Waals surface area contributed by atoms with Crippen molar-refractivity contribution >= 4 is 75.3 Å². The van der Waals surface area contributed by atoms with E-state index in [0.717, 1.165) is 33.4 Å². The molecule has 0 bridgehead atoms. The molecule has 0 saturated carbocycles. The van der Waals surface area contributed by atoms with Gasteiger partial charge in [-0.3, -0.25) is 0 Å². The minimum atomic E-state index is -0.0781. The van der Waals surface area contributed by atoms with Crippen molar-refractivity contribution in [2.75, 3.05) is 0 Å². The first kappa shape index (κ1) is 30.1. The highest BCUT2D eigenvalue weighted by atomic mass is 32.1. The maximum atomic E-state index is 7.00. The first-order chi connectivity index (χ1) is 26.5. The van der Waals surface area contributed by atoms with Crippen LogP contribution in [-0.2, 0) is 5.41 Å². The lowest BCUT2D eigenvalue weighted by Crippen LogP contribution is -2.14. The molecule has 8 aromatic carbocycles. The highest BCUT2D eigenvalue weighted by molar-refractivity contribution is 7.26. The average Bonchev–Trinajstić information content (AvgIpc) is 3.94. The molecule has 0 saturated heterocycles. The van der Waals surface area contributed by atoms with E-state index in [1.165, 1.54) is 80.7 Å². The van der Waals surface area contributed by atoms with Crippen molar-refractivity contribution in [3.05, 3.63) is 175 Å². The molecule has 11 aromatic rings. The standard InChI is InChI=1S/C51H33NOS/c1-51(2)42-21-6-3-16-40(42)47-43(51)26-25-38-37-19-10-17-33(48(37)53-49(38)47)30-12-9-13-32(28-30)52-44-22-7-4-14-35(44)41-29-31(24-27-45(41)52)34-18-11-20-39-36-15-5-8-23-46(36)54-50(34)39/h3-29H,1-2H3. The summed E-state index contributed by atoms with van der Waals surface area (Å²) < 4.78 is 12.1. The maximum Gasteiger partial charge on any atom is 0.143 e. The number of hydrogen-bond donors (Lipinski definition) is 0. The molecule has 2 nitrogen and oxygen atoms in total. The van der Waals surface area contributed by atoms with Gasteiger partial charge in [0.1, 0.15) is 11.2 Å². The van der Waals surface area contributed by atoms with Gasteiger partial charge in [-0.25, -0.2) is 0 Å². The fourth-order valence-electron chi connectivity index (χ4n) is 9.47. The molecule has 0 unspecified atom stereocenters. The predicted octanol–water partition coefficient (Wildman–Crippen LogP) is 14.7. The number of nitrogens with zero attached hydrogens (tertiary/aromatic N) is 1. The van der Waals surface area contributed by atoms with E-state index in [9.17, 15) is 0 Å². The molecule has 3 heteroatoms. The van der Waals surface area contributed by atoms with Crippen molar-refractivity contribution in [3.63, 3.8) is 0 Å². The summed E-state index contributed by atoms with van der Waals surface area (Å²) in [5.74, 6) is 0. The Morgan fingerprint density at radius 1 is 0.463 bits per heavy atom. The number of hydrogen-bond acceptors (Lipinski definition) is 2. The summed E-state index contributed by atoms with van der Waals surface area (Å²) in [5, 5.41) is 7.47. The topological polar surface area (TPSA) is 18.1 Å². The number of para-hydroxylation sites is 2. The van der Waals surface area contributed by atoms with Gasteiger partial charge >= 0.3 is 0 Å². The Morgan fingerprint density at radius 3 is 2.07 bits per heavy atom. The smallest absolute Gasteiger partial charge is 0.143 e. The third-order valence-corrected chi connectivity index (χ3v) is 13.2. The summed E-state index contributed by atoms with van der Waals surface area (Å²) in [4.78, 5) is 0. The van der Waals surface area contributed by atoms with E-state index in [4.69, 9.17) is 4.42 Å². The van der Waals surface area contributed by atoms with Crippen LogP contribution in [0.3, 0.4) is 0 Å². The van der Waals surface area contributed by atoms with Crippen LogP contribution in [0.5, 0.6) is 0 Å². The van der Waals surface area contributed by atoms with Gasteiger partial charge < -0.3 is 8.98 Å². The molecule has 0 N–H and O–H groups in total. The van der Waals surface area contributed by atoms with Crippen LogP contribution in [0.25, 0.3) is 103 Å². The number of fused-ring (bicyclic) bond motifs is 13. The fourth-order valence-corrected chi connectivity index (χ4v) is 10.7. The predicted molar refractivity (Wildman–Crippen MR) is 229 cm³/mol. The van der Waals surface area contributed by atoms with Gasteiger partial charge in [-0.05, 0) is 69.8 Å². The summed E-state index contributed by atoms with van der Waals surface area (Å²) in [6.07, 6.45) is 0. The summed E-state index contributed by atoms with van der Waals surface area (Å²) in [6, 6.07) is 60.2. The van der Waals surface area contributed by atoms with Gasteiger partial charge in [0.05, 0.1) is 11.0 Å². The van der Waals surface area contributed by atoms with Gasteiger partial charge in [0.15, 0.2) is 0 Å². The lowest BCUT2D eigenvalue weighted by molar-refractivity contribution is 0.653. The van der Waals surface area contributed by atoms with E-state index in [0.29, 0.717) is 0 Å². The molecule has 1 aliphatic carbocycles. The highest BCUT2D eigenvalue weighted by Crippen LogP contribution is 2.53. The van der Waals surface area contributed by atoms with Crippen LogP contribution in [0.15, 0.2) is 168 Å². The lowest BCUT2D eigenvalue weighted by Gasteiger charge is -2.21. The molecule has 0 spiro atoms. The Balaban J connectivity index is 1.03. The molecule has 0 atom stereocenters. The highest BCUT2D eigenvalue weighted by Gasteiger charge is 2.37. The van der Waals surface area contributed by atoms with E-state index in [-0.39, 0.29) is 5.41 Å². The molecule has 0 radical (unpaired) electrons. The van der Waals surface area contributed by atoms with Crippen molar-refractivity contribution < 1.29 is 4.42 Å². The molecule has 0 aliphatic heterocycles. The number of thiophene rings is 1. The van der Waals surface area contributed by atoms with Crippen molar-refractivity contribution in [2.24, 2.45) is 0 Å². The van der Waals surface area contributed by atoms with Crippen molar-refractivity contribution in [1.82, 2.24) is 4.57 Å². The van der Waals surface area contributed by atoms with E-state index in [1.807, 2.05) is 11.3 Å². The van der Waals surface area contributed by atoms with Gasteiger partial charge in [-0.1, -0.05) is 141 Å². The SMILES string of the molecule is CC1(C)c2ccccc2-c2c1ccc1c2oc2c(-c3cccc(-n4c5ccccc5c5cc(-c6cccc7c6sc6ccccc67)ccc54)c3)cccc21. The second kappa shape index (κ2) is 10.8.